The van der Waals surface area contributed by atoms with Crippen molar-refractivity contribution in [2.45, 2.75) is 32.6 Å². The molecule has 3 fully saturated rings. The van der Waals surface area contributed by atoms with E-state index in [9.17, 15) is 4.79 Å². The van der Waals surface area contributed by atoms with Gasteiger partial charge in [0.25, 0.3) is 0 Å². The van der Waals surface area contributed by atoms with Crippen LogP contribution in [0.25, 0.3) is 0 Å². The molecule has 1 aliphatic heterocycles. The van der Waals surface area contributed by atoms with Crippen molar-refractivity contribution in [2.75, 3.05) is 42.9 Å². The molecular weight excluding hydrogens is 298 g/mol. The highest BCUT2D eigenvalue weighted by Gasteiger charge is 2.42. The molecule has 2 saturated carbocycles. The average molecular weight is 327 g/mol. The van der Waals surface area contributed by atoms with Gasteiger partial charge in [-0.05, 0) is 55.6 Å². The third-order valence-corrected chi connectivity index (χ3v) is 6.41. The summed E-state index contributed by atoms with van der Waals surface area (Å²) in [5.74, 6) is 3.07. The minimum Gasteiger partial charge on any atom is -0.367 e. The van der Waals surface area contributed by atoms with Gasteiger partial charge < -0.3 is 10.2 Å². The summed E-state index contributed by atoms with van der Waals surface area (Å²) in [7, 11) is 0. The van der Waals surface area contributed by atoms with Gasteiger partial charge in [-0.25, -0.2) is 0 Å². The second-order valence-corrected chi connectivity index (χ2v) is 7.82. The zero-order valence-corrected chi connectivity index (χ0v) is 14.7. The summed E-state index contributed by atoms with van der Waals surface area (Å²) in [5, 5.41) is 2.96. The van der Waals surface area contributed by atoms with E-state index < -0.39 is 0 Å². The number of rotatable bonds is 4. The van der Waals surface area contributed by atoms with E-state index in [4.69, 9.17) is 0 Å². The van der Waals surface area contributed by atoms with Crippen LogP contribution in [0.3, 0.4) is 0 Å². The van der Waals surface area contributed by atoms with Gasteiger partial charge in [0.15, 0.2) is 0 Å². The van der Waals surface area contributed by atoms with Crippen LogP contribution in [-0.4, -0.2) is 43.5 Å². The Kier molecular flexibility index (Phi) is 4.49. The van der Waals surface area contributed by atoms with E-state index >= 15 is 0 Å². The Morgan fingerprint density at radius 3 is 2.50 bits per heavy atom. The number of hydrogen-bond acceptors (Lipinski definition) is 3. The van der Waals surface area contributed by atoms with Gasteiger partial charge in [0, 0.05) is 39.6 Å². The molecule has 24 heavy (non-hydrogen) atoms. The van der Waals surface area contributed by atoms with Crippen LogP contribution >= 0.6 is 0 Å². The SMILES string of the molecule is CC(=O)Nc1ccccc1N1CCN(CC2CCC3CCC32)CC1. The standard InChI is InChI=1S/C20H29N3O/c1-15(24)21-19-4-2-3-5-20(19)23-12-10-22(11-13-23)14-17-7-6-16-8-9-18(16)17/h2-5,16-18H,6-14H2,1H3,(H,21,24). The van der Waals surface area contributed by atoms with Crippen molar-refractivity contribution in [1.29, 1.82) is 0 Å². The maximum absolute atomic E-state index is 11.4. The number of amides is 1. The molecule has 4 heteroatoms. The number of piperazine rings is 1. The molecule has 3 aliphatic rings. The average Bonchev–Trinajstić information content (AvgIpc) is 2.81. The van der Waals surface area contributed by atoms with E-state index in [-0.39, 0.29) is 5.91 Å². The lowest BCUT2D eigenvalue weighted by atomic mass is 9.72. The van der Waals surface area contributed by atoms with Crippen LogP contribution in [0.4, 0.5) is 11.4 Å². The van der Waals surface area contributed by atoms with Crippen LogP contribution in [0.5, 0.6) is 0 Å². The van der Waals surface area contributed by atoms with Gasteiger partial charge in [0.05, 0.1) is 11.4 Å². The Hall–Kier alpha value is -1.55. The molecule has 3 atom stereocenters. The zero-order valence-electron chi connectivity index (χ0n) is 14.7. The first-order valence-electron chi connectivity index (χ1n) is 9.54. The van der Waals surface area contributed by atoms with Gasteiger partial charge in [-0.15, -0.1) is 0 Å². The fraction of sp³-hybridized carbons (Fsp3) is 0.650. The molecule has 1 heterocycles. The van der Waals surface area contributed by atoms with Crippen LogP contribution in [0, 0.1) is 17.8 Å². The predicted octanol–water partition coefficient (Wildman–Crippen LogP) is 3.20. The smallest absolute Gasteiger partial charge is 0.221 e. The van der Waals surface area contributed by atoms with Crippen LogP contribution in [0.2, 0.25) is 0 Å². The topological polar surface area (TPSA) is 35.6 Å². The van der Waals surface area contributed by atoms with Crippen molar-refractivity contribution >= 4 is 17.3 Å². The van der Waals surface area contributed by atoms with Gasteiger partial charge in [0.2, 0.25) is 5.91 Å². The Labute approximate surface area is 145 Å². The number of anilines is 2. The van der Waals surface area contributed by atoms with Gasteiger partial charge in [-0.3, -0.25) is 9.69 Å². The first kappa shape index (κ1) is 15.9. The first-order chi connectivity index (χ1) is 11.7. The first-order valence-corrected chi connectivity index (χ1v) is 9.54. The van der Waals surface area contributed by atoms with E-state index in [1.807, 2.05) is 12.1 Å². The Morgan fingerprint density at radius 1 is 1.08 bits per heavy atom. The number of para-hydroxylation sites is 2. The monoisotopic (exact) mass is 327 g/mol. The van der Waals surface area contributed by atoms with Gasteiger partial charge in [0.1, 0.15) is 0 Å². The molecule has 4 rings (SSSR count). The van der Waals surface area contributed by atoms with E-state index in [0.717, 1.165) is 55.3 Å². The van der Waals surface area contributed by atoms with Crippen molar-refractivity contribution in [2.24, 2.45) is 17.8 Å². The van der Waals surface area contributed by atoms with Gasteiger partial charge in [-0.1, -0.05) is 12.1 Å². The summed E-state index contributed by atoms with van der Waals surface area (Å²) < 4.78 is 0. The fourth-order valence-corrected chi connectivity index (χ4v) is 4.99. The molecule has 3 unspecified atom stereocenters. The number of nitrogens with zero attached hydrogens (tertiary/aromatic N) is 2. The Bertz CT molecular complexity index is 594. The lowest BCUT2D eigenvalue weighted by molar-refractivity contribution is -0.114. The largest absolute Gasteiger partial charge is 0.367 e. The summed E-state index contributed by atoms with van der Waals surface area (Å²) in [6, 6.07) is 8.16. The highest BCUT2D eigenvalue weighted by atomic mass is 16.1. The molecule has 0 aromatic heterocycles. The summed E-state index contributed by atoms with van der Waals surface area (Å²) >= 11 is 0. The second kappa shape index (κ2) is 6.75. The molecule has 1 aromatic carbocycles. The molecular formula is C20H29N3O. The van der Waals surface area contributed by atoms with Crippen LogP contribution in [0.1, 0.15) is 32.6 Å². The summed E-state index contributed by atoms with van der Waals surface area (Å²) in [6.07, 6.45) is 5.93. The quantitative estimate of drug-likeness (QED) is 0.922. The Balaban J connectivity index is 1.34. The van der Waals surface area contributed by atoms with Crippen molar-refractivity contribution in [3.63, 3.8) is 0 Å². The maximum Gasteiger partial charge on any atom is 0.221 e. The fourth-order valence-electron chi connectivity index (χ4n) is 4.99. The zero-order chi connectivity index (χ0) is 16.5. The van der Waals surface area contributed by atoms with Gasteiger partial charge in [-0.2, -0.15) is 0 Å². The maximum atomic E-state index is 11.4. The van der Waals surface area contributed by atoms with Crippen LogP contribution in [0.15, 0.2) is 24.3 Å². The van der Waals surface area contributed by atoms with E-state index in [0.29, 0.717) is 0 Å². The van der Waals surface area contributed by atoms with E-state index in [1.165, 1.54) is 32.2 Å². The second-order valence-electron chi connectivity index (χ2n) is 7.82. The summed E-state index contributed by atoms with van der Waals surface area (Å²) in [5.41, 5.74) is 2.10. The molecule has 1 N–H and O–H groups in total. The highest BCUT2D eigenvalue weighted by molar-refractivity contribution is 5.92. The normalized spacial score (nSPS) is 29.9. The lowest BCUT2D eigenvalue weighted by Gasteiger charge is -2.40. The molecule has 0 radical (unpaired) electrons. The number of carbonyl (C=O) groups excluding carboxylic acids is 1. The summed E-state index contributed by atoms with van der Waals surface area (Å²) in [4.78, 5) is 16.5. The molecule has 1 aromatic rings. The predicted molar refractivity (Wildman–Crippen MR) is 98.3 cm³/mol. The number of fused-ring (bicyclic) bond motifs is 1. The number of nitrogens with one attached hydrogen (secondary N) is 1. The van der Waals surface area contributed by atoms with E-state index in [1.54, 1.807) is 6.92 Å². The Morgan fingerprint density at radius 2 is 1.83 bits per heavy atom. The third kappa shape index (κ3) is 3.16. The molecule has 130 valence electrons. The van der Waals surface area contributed by atoms with Crippen molar-refractivity contribution < 1.29 is 4.79 Å². The number of benzene rings is 1. The lowest BCUT2D eigenvalue weighted by Crippen LogP contribution is -2.48. The molecule has 1 amide bonds. The van der Waals surface area contributed by atoms with Crippen molar-refractivity contribution in [3.8, 4) is 0 Å². The van der Waals surface area contributed by atoms with Crippen LogP contribution in [-0.2, 0) is 4.79 Å². The van der Waals surface area contributed by atoms with Crippen molar-refractivity contribution in [3.05, 3.63) is 24.3 Å². The van der Waals surface area contributed by atoms with Crippen molar-refractivity contribution in [1.82, 2.24) is 4.90 Å². The molecule has 0 bridgehead atoms. The minimum atomic E-state index is -0.00243. The number of carbonyl (C=O) groups is 1. The van der Waals surface area contributed by atoms with Crippen LogP contribution < -0.4 is 10.2 Å². The van der Waals surface area contributed by atoms with Gasteiger partial charge >= 0.3 is 0 Å². The molecule has 0 spiro atoms. The highest BCUT2D eigenvalue weighted by Crippen LogP contribution is 2.50. The molecule has 2 aliphatic carbocycles. The molecule has 1 saturated heterocycles. The minimum absolute atomic E-state index is 0.00243. The summed E-state index contributed by atoms with van der Waals surface area (Å²) in [6.45, 7) is 7.27. The number of hydrogen-bond donors (Lipinski definition) is 1. The van der Waals surface area contributed by atoms with E-state index in [2.05, 4.69) is 27.2 Å². The third-order valence-electron chi connectivity index (χ3n) is 6.41. The molecule has 4 nitrogen and oxygen atoms in total.